The zero-order valence-corrected chi connectivity index (χ0v) is 12.2. The van der Waals surface area contributed by atoms with Crippen LogP contribution in [0, 0.1) is 5.92 Å². The fourth-order valence-electron chi connectivity index (χ4n) is 2.05. The Labute approximate surface area is 107 Å². The van der Waals surface area contributed by atoms with Crippen LogP contribution in [0.4, 0.5) is 0 Å². The van der Waals surface area contributed by atoms with Gasteiger partial charge in [-0.3, -0.25) is 0 Å². The molecule has 1 aliphatic rings. The summed E-state index contributed by atoms with van der Waals surface area (Å²) in [5.41, 5.74) is 0. The van der Waals surface area contributed by atoms with Crippen molar-refractivity contribution < 1.29 is 0 Å². The van der Waals surface area contributed by atoms with Crippen LogP contribution in [0.3, 0.4) is 0 Å². The van der Waals surface area contributed by atoms with Crippen LogP contribution in [0.15, 0.2) is 0 Å². The van der Waals surface area contributed by atoms with E-state index in [4.69, 9.17) is 0 Å². The Kier molecular flexibility index (Phi) is 11.1. The largest absolute Gasteiger partial charge is 0.317 e. The van der Waals surface area contributed by atoms with Crippen molar-refractivity contribution in [1.29, 1.82) is 0 Å². The fourth-order valence-corrected chi connectivity index (χ4v) is 2.45. The molecule has 0 aromatic rings. The molecule has 14 heavy (non-hydrogen) atoms. The summed E-state index contributed by atoms with van der Waals surface area (Å²) in [6, 6.07) is 0. The second-order valence-corrected chi connectivity index (χ2v) is 4.88. The first-order chi connectivity index (χ1) is 6.43. The Morgan fingerprint density at radius 3 is 2.29 bits per heavy atom. The van der Waals surface area contributed by atoms with Crippen molar-refractivity contribution in [3.63, 3.8) is 0 Å². The van der Waals surface area contributed by atoms with Crippen LogP contribution in [-0.4, -0.2) is 18.4 Å². The lowest BCUT2D eigenvalue weighted by atomic mass is 9.92. The summed E-state index contributed by atoms with van der Waals surface area (Å²) in [6.45, 7) is 2.51. The number of alkyl halides is 1. The maximum atomic E-state index is 3.47. The Hall–Kier alpha value is 0.920. The third-order valence-electron chi connectivity index (χ3n) is 2.95. The highest BCUT2D eigenvalue weighted by Crippen LogP contribution is 2.19. The van der Waals surface area contributed by atoms with Gasteiger partial charge in [-0.25, -0.2) is 0 Å². The van der Waals surface area contributed by atoms with E-state index < -0.39 is 0 Å². The molecule has 0 aromatic carbocycles. The van der Waals surface area contributed by atoms with E-state index >= 15 is 0 Å². The van der Waals surface area contributed by atoms with Crippen LogP contribution in [0.5, 0.6) is 0 Å². The Morgan fingerprint density at radius 2 is 1.64 bits per heavy atom. The van der Waals surface area contributed by atoms with Gasteiger partial charge in [-0.05, 0) is 38.3 Å². The first-order valence-corrected chi connectivity index (χ1v) is 6.82. The molecule has 1 nitrogen and oxygen atoms in total. The van der Waals surface area contributed by atoms with Crippen LogP contribution < -0.4 is 5.32 Å². The lowest BCUT2D eigenvalue weighted by molar-refractivity contribution is 0.342. The SMILES string of the molecule is Br.BrCCCCCCC1CCNCC1. The fraction of sp³-hybridized carbons (Fsp3) is 1.00. The summed E-state index contributed by atoms with van der Waals surface area (Å²) >= 11 is 3.47. The van der Waals surface area contributed by atoms with Crippen molar-refractivity contribution >= 4 is 32.9 Å². The van der Waals surface area contributed by atoms with Crippen LogP contribution in [0.2, 0.25) is 0 Å². The molecule has 3 heteroatoms. The number of halogens is 2. The highest BCUT2D eigenvalue weighted by atomic mass is 79.9. The van der Waals surface area contributed by atoms with E-state index in [1.165, 1.54) is 63.4 Å². The van der Waals surface area contributed by atoms with Gasteiger partial charge in [-0.2, -0.15) is 0 Å². The van der Waals surface area contributed by atoms with Crippen molar-refractivity contribution in [1.82, 2.24) is 5.32 Å². The number of piperidine rings is 1. The van der Waals surface area contributed by atoms with E-state index in [9.17, 15) is 0 Å². The van der Waals surface area contributed by atoms with Crippen LogP contribution >= 0.6 is 32.9 Å². The molecular weight excluding hydrogens is 306 g/mol. The van der Waals surface area contributed by atoms with Gasteiger partial charge in [0.25, 0.3) is 0 Å². The molecule has 0 saturated carbocycles. The zero-order valence-electron chi connectivity index (χ0n) is 8.93. The molecule has 1 aliphatic heterocycles. The second kappa shape index (κ2) is 10.4. The molecule has 1 heterocycles. The predicted octanol–water partition coefficient (Wildman–Crippen LogP) is 3.91. The summed E-state index contributed by atoms with van der Waals surface area (Å²) in [7, 11) is 0. The Morgan fingerprint density at radius 1 is 1.00 bits per heavy atom. The smallest absolute Gasteiger partial charge is 0.00313 e. The van der Waals surface area contributed by atoms with E-state index in [1.807, 2.05) is 0 Å². The van der Waals surface area contributed by atoms with Crippen molar-refractivity contribution in [2.24, 2.45) is 5.92 Å². The molecule has 1 saturated heterocycles. The molecule has 0 bridgehead atoms. The summed E-state index contributed by atoms with van der Waals surface area (Å²) in [5, 5.41) is 4.60. The molecule has 0 unspecified atom stereocenters. The molecule has 1 N–H and O–H groups in total. The third kappa shape index (κ3) is 7.24. The molecule has 0 aliphatic carbocycles. The van der Waals surface area contributed by atoms with E-state index in [1.54, 1.807) is 0 Å². The van der Waals surface area contributed by atoms with E-state index in [0.29, 0.717) is 0 Å². The minimum atomic E-state index is 0. The maximum absolute atomic E-state index is 3.47. The molecule has 0 amide bonds. The molecular formula is C11H23Br2N. The van der Waals surface area contributed by atoms with Gasteiger partial charge in [-0.15, -0.1) is 17.0 Å². The van der Waals surface area contributed by atoms with Crippen LogP contribution in [-0.2, 0) is 0 Å². The molecule has 0 aromatic heterocycles. The molecule has 0 radical (unpaired) electrons. The second-order valence-electron chi connectivity index (χ2n) is 4.09. The van der Waals surface area contributed by atoms with Gasteiger partial charge in [-0.1, -0.05) is 41.6 Å². The summed E-state index contributed by atoms with van der Waals surface area (Å²) in [6.07, 6.45) is 9.97. The summed E-state index contributed by atoms with van der Waals surface area (Å²) in [5.74, 6) is 1.03. The van der Waals surface area contributed by atoms with Gasteiger partial charge in [0.1, 0.15) is 0 Å². The topological polar surface area (TPSA) is 12.0 Å². The number of rotatable bonds is 6. The van der Waals surface area contributed by atoms with Gasteiger partial charge >= 0.3 is 0 Å². The third-order valence-corrected chi connectivity index (χ3v) is 3.52. The van der Waals surface area contributed by atoms with Crippen LogP contribution in [0.25, 0.3) is 0 Å². The van der Waals surface area contributed by atoms with E-state index in [0.717, 1.165) is 5.92 Å². The molecule has 0 atom stereocenters. The highest BCUT2D eigenvalue weighted by molar-refractivity contribution is 9.09. The standard InChI is InChI=1S/C11H22BrN.BrH/c12-8-4-2-1-3-5-11-6-9-13-10-7-11;/h11,13H,1-10H2;1H. The zero-order chi connectivity index (χ0) is 9.36. The molecule has 1 rings (SSSR count). The highest BCUT2D eigenvalue weighted by Gasteiger charge is 2.11. The van der Waals surface area contributed by atoms with Gasteiger partial charge < -0.3 is 5.32 Å². The summed E-state index contributed by atoms with van der Waals surface area (Å²) < 4.78 is 0. The minimum absolute atomic E-state index is 0. The van der Waals surface area contributed by atoms with Gasteiger partial charge in [0.15, 0.2) is 0 Å². The van der Waals surface area contributed by atoms with Crippen molar-refractivity contribution in [2.75, 3.05) is 18.4 Å². The molecule has 0 spiro atoms. The number of unbranched alkanes of at least 4 members (excludes halogenated alkanes) is 3. The lowest BCUT2D eigenvalue weighted by Gasteiger charge is -2.22. The van der Waals surface area contributed by atoms with Crippen molar-refractivity contribution in [2.45, 2.75) is 44.9 Å². The van der Waals surface area contributed by atoms with Gasteiger partial charge in [0.05, 0.1) is 0 Å². The average Bonchev–Trinajstić information content (AvgIpc) is 2.19. The molecule has 1 fully saturated rings. The monoisotopic (exact) mass is 327 g/mol. The van der Waals surface area contributed by atoms with Crippen molar-refractivity contribution in [3.05, 3.63) is 0 Å². The Bertz CT molecular complexity index is 114. The quantitative estimate of drug-likeness (QED) is 0.576. The normalized spacial score (nSPS) is 17.8. The van der Waals surface area contributed by atoms with E-state index in [2.05, 4.69) is 21.2 Å². The lowest BCUT2D eigenvalue weighted by Crippen LogP contribution is -2.27. The average molecular weight is 329 g/mol. The van der Waals surface area contributed by atoms with Crippen LogP contribution in [0.1, 0.15) is 44.9 Å². The van der Waals surface area contributed by atoms with E-state index in [-0.39, 0.29) is 17.0 Å². The summed E-state index contributed by atoms with van der Waals surface area (Å²) in [4.78, 5) is 0. The number of nitrogens with one attached hydrogen (secondary N) is 1. The number of hydrogen-bond acceptors (Lipinski definition) is 1. The van der Waals surface area contributed by atoms with Crippen molar-refractivity contribution in [3.8, 4) is 0 Å². The minimum Gasteiger partial charge on any atom is -0.317 e. The molecule has 86 valence electrons. The maximum Gasteiger partial charge on any atom is 0.00313 e. The predicted molar refractivity (Wildman–Crippen MR) is 72.8 cm³/mol. The first kappa shape index (κ1) is 14.9. The first-order valence-electron chi connectivity index (χ1n) is 5.70. The number of hydrogen-bond donors (Lipinski definition) is 1. The van der Waals surface area contributed by atoms with Gasteiger partial charge in [0.2, 0.25) is 0 Å². The Balaban J connectivity index is 0.00000169. The van der Waals surface area contributed by atoms with Gasteiger partial charge in [0, 0.05) is 5.33 Å².